The van der Waals surface area contributed by atoms with E-state index in [9.17, 15) is 9.90 Å². The fraction of sp³-hybridized carbons (Fsp3) is 0.188. The monoisotopic (exact) mass is 256 g/mol. The third kappa shape index (κ3) is 3.42. The van der Waals surface area contributed by atoms with E-state index in [4.69, 9.17) is 4.74 Å². The summed E-state index contributed by atoms with van der Waals surface area (Å²) in [5.41, 5.74) is 1.33. The molecule has 3 heteroatoms. The third-order valence-corrected chi connectivity index (χ3v) is 2.98. The van der Waals surface area contributed by atoms with E-state index >= 15 is 0 Å². The van der Waals surface area contributed by atoms with Gasteiger partial charge in [-0.25, -0.2) is 0 Å². The number of ketones is 1. The molecule has 0 aliphatic heterocycles. The van der Waals surface area contributed by atoms with Gasteiger partial charge < -0.3 is 9.84 Å². The first-order valence-corrected chi connectivity index (χ1v) is 6.11. The molecule has 1 N–H and O–H groups in total. The molecular formula is C16H16O3. The van der Waals surface area contributed by atoms with Crippen molar-refractivity contribution in [2.45, 2.75) is 12.5 Å². The summed E-state index contributed by atoms with van der Waals surface area (Å²) in [5, 5.41) is 10.0. The van der Waals surface area contributed by atoms with Gasteiger partial charge in [-0.3, -0.25) is 4.79 Å². The summed E-state index contributed by atoms with van der Waals surface area (Å²) in [6.07, 6.45) is -0.688. The Balaban J connectivity index is 2.04. The smallest absolute Gasteiger partial charge is 0.165 e. The van der Waals surface area contributed by atoms with Crippen LogP contribution in [0, 0.1) is 0 Å². The molecule has 0 heterocycles. The van der Waals surface area contributed by atoms with E-state index in [2.05, 4.69) is 0 Å². The molecule has 0 saturated heterocycles. The first-order valence-electron chi connectivity index (χ1n) is 6.11. The Labute approximate surface area is 112 Å². The lowest BCUT2D eigenvalue weighted by Crippen LogP contribution is -2.07. The highest BCUT2D eigenvalue weighted by molar-refractivity contribution is 5.96. The molecule has 2 aromatic carbocycles. The SMILES string of the molecule is COc1ccc(C(=O)C[C@@H](O)c2ccccc2)cc1. The van der Waals surface area contributed by atoms with Crippen LogP contribution < -0.4 is 4.74 Å². The van der Waals surface area contributed by atoms with Gasteiger partial charge in [-0.15, -0.1) is 0 Å². The van der Waals surface area contributed by atoms with Crippen molar-refractivity contribution in [3.63, 3.8) is 0 Å². The molecule has 1 atom stereocenters. The Hall–Kier alpha value is -2.13. The number of hydrogen-bond donors (Lipinski definition) is 1. The minimum atomic E-state index is -0.768. The lowest BCUT2D eigenvalue weighted by molar-refractivity contribution is 0.0880. The molecule has 0 bridgehead atoms. The Morgan fingerprint density at radius 3 is 2.32 bits per heavy atom. The molecule has 98 valence electrons. The molecular weight excluding hydrogens is 240 g/mol. The molecule has 0 spiro atoms. The van der Waals surface area contributed by atoms with Crippen molar-refractivity contribution in [1.29, 1.82) is 0 Å². The standard InChI is InChI=1S/C16H16O3/c1-19-14-9-7-13(8-10-14)16(18)11-15(17)12-5-3-2-4-6-12/h2-10,15,17H,11H2,1H3/t15-/m1/s1. The highest BCUT2D eigenvalue weighted by Crippen LogP contribution is 2.20. The van der Waals surface area contributed by atoms with Crippen LogP contribution in [0.5, 0.6) is 5.75 Å². The molecule has 2 rings (SSSR count). The number of benzene rings is 2. The number of rotatable bonds is 5. The molecule has 0 amide bonds. The number of carbonyl (C=O) groups excluding carboxylic acids is 1. The third-order valence-electron chi connectivity index (χ3n) is 2.98. The van der Waals surface area contributed by atoms with Crippen molar-refractivity contribution in [2.24, 2.45) is 0 Å². The van der Waals surface area contributed by atoms with Crippen LogP contribution in [-0.4, -0.2) is 18.0 Å². The highest BCUT2D eigenvalue weighted by Gasteiger charge is 2.14. The second-order valence-electron chi connectivity index (χ2n) is 4.28. The van der Waals surface area contributed by atoms with Gasteiger partial charge >= 0.3 is 0 Å². The van der Waals surface area contributed by atoms with Crippen molar-refractivity contribution in [3.8, 4) is 5.75 Å². The van der Waals surface area contributed by atoms with E-state index in [1.807, 2.05) is 30.3 Å². The normalized spacial score (nSPS) is 11.9. The molecule has 3 nitrogen and oxygen atoms in total. The van der Waals surface area contributed by atoms with Gasteiger partial charge in [0.25, 0.3) is 0 Å². The predicted molar refractivity (Wildman–Crippen MR) is 73.3 cm³/mol. The lowest BCUT2D eigenvalue weighted by atomic mass is 10.0. The maximum atomic E-state index is 12.0. The Kier molecular flexibility index (Phi) is 4.31. The molecule has 0 aromatic heterocycles. The van der Waals surface area contributed by atoms with Crippen LogP contribution in [0.25, 0.3) is 0 Å². The number of aliphatic hydroxyl groups is 1. The van der Waals surface area contributed by atoms with Crippen LogP contribution in [0.3, 0.4) is 0 Å². The zero-order valence-electron chi connectivity index (χ0n) is 10.7. The summed E-state index contributed by atoms with van der Waals surface area (Å²) in [4.78, 5) is 12.0. The average Bonchev–Trinajstić information content (AvgIpc) is 2.48. The van der Waals surface area contributed by atoms with Gasteiger partial charge in [0.15, 0.2) is 5.78 Å². The molecule has 0 fully saturated rings. The van der Waals surface area contributed by atoms with E-state index in [1.54, 1.807) is 31.4 Å². The van der Waals surface area contributed by atoms with Crippen LogP contribution in [0.1, 0.15) is 28.4 Å². The van der Waals surface area contributed by atoms with Gasteiger partial charge in [0, 0.05) is 12.0 Å². The van der Waals surface area contributed by atoms with Gasteiger partial charge in [0.05, 0.1) is 13.2 Å². The predicted octanol–water partition coefficient (Wildman–Crippen LogP) is 3.00. The highest BCUT2D eigenvalue weighted by atomic mass is 16.5. The molecule has 0 radical (unpaired) electrons. The fourth-order valence-electron chi connectivity index (χ4n) is 1.86. The summed E-state index contributed by atoms with van der Waals surface area (Å²) >= 11 is 0. The van der Waals surface area contributed by atoms with Crippen molar-refractivity contribution in [2.75, 3.05) is 7.11 Å². The van der Waals surface area contributed by atoms with Crippen molar-refractivity contribution in [3.05, 3.63) is 65.7 Å². The quantitative estimate of drug-likeness (QED) is 0.836. The Bertz CT molecular complexity index is 532. The number of hydrogen-bond acceptors (Lipinski definition) is 3. The number of carbonyl (C=O) groups is 1. The number of ether oxygens (including phenoxy) is 1. The number of methoxy groups -OCH3 is 1. The zero-order chi connectivity index (χ0) is 13.7. The topological polar surface area (TPSA) is 46.5 Å². The van der Waals surface area contributed by atoms with Crippen LogP contribution in [0.2, 0.25) is 0 Å². The summed E-state index contributed by atoms with van der Waals surface area (Å²) in [5.74, 6) is 0.624. The zero-order valence-corrected chi connectivity index (χ0v) is 10.7. The van der Waals surface area contributed by atoms with Gasteiger partial charge in [0.1, 0.15) is 5.75 Å². The van der Waals surface area contributed by atoms with E-state index in [-0.39, 0.29) is 12.2 Å². The fourth-order valence-corrected chi connectivity index (χ4v) is 1.86. The minimum absolute atomic E-state index is 0.0797. The first kappa shape index (κ1) is 13.3. The van der Waals surface area contributed by atoms with E-state index in [0.717, 1.165) is 5.56 Å². The van der Waals surface area contributed by atoms with Crippen molar-refractivity contribution in [1.82, 2.24) is 0 Å². The summed E-state index contributed by atoms with van der Waals surface area (Å²) in [6, 6.07) is 16.1. The summed E-state index contributed by atoms with van der Waals surface area (Å²) < 4.78 is 5.04. The van der Waals surface area contributed by atoms with Gasteiger partial charge in [-0.05, 0) is 29.8 Å². The Morgan fingerprint density at radius 1 is 1.11 bits per heavy atom. The van der Waals surface area contributed by atoms with E-state index in [1.165, 1.54) is 0 Å². The molecule has 0 unspecified atom stereocenters. The molecule has 2 aromatic rings. The summed E-state index contributed by atoms with van der Waals surface area (Å²) in [7, 11) is 1.58. The summed E-state index contributed by atoms with van der Waals surface area (Å²) in [6.45, 7) is 0. The molecule has 0 saturated carbocycles. The minimum Gasteiger partial charge on any atom is -0.497 e. The van der Waals surface area contributed by atoms with Gasteiger partial charge in [0.2, 0.25) is 0 Å². The van der Waals surface area contributed by atoms with Crippen LogP contribution in [0.15, 0.2) is 54.6 Å². The molecule has 19 heavy (non-hydrogen) atoms. The van der Waals surface area contributed by atoms with Crippen LogP contribution in [-0.2, 0) is 0 Å². The van der Waals surface area contributed by atoms with Crippen molar-refractivity contribution < 1.29 is 14.6 Å². The van der Waals surface area contributed by atoms with Gasteiger partial charge in [-0.2, -0.15) is 0 Å². The molecule has 0 aliphatic carbocycles. The Morgan fingerprint density at radius 2 is 1.74 bits per heavy atom. The number of Topliss-reactive ketones (excluding diaryl/α,β-unsaturated/α-hetero) is 1. The second-order valence-corrected chi connectivity index (χ2v) is 4.28. The number of aliphatic hydroxyl groups excluding tert-OH is 1. The largest absolute Gasteiger partial charge is 0.497 e. The molecule has 0 aliphatic rings. The van der Waals surface area contributed by atoms with Crippen LogP contribution in [0.4, 0.5) is 0 Å². The maximum absolute atomic E-state index is 12.0. The second kappa shape index (κ2) is 6.16. The lowest BCUT2D eigenvalue weighted by Gasteiger charge is -2.10. The van der Waals surface area contributed by atoms with Crippen molar-refractivity contribution >= 4 is 5.78 Å². The maximum Gasteiger partial charge on any atom is 0.165 e. The van der Waals surface area contributed by atoms with E-state index in [0.29, 0.717) is 11.3 Å². The van der Waals surface area contributed by atoms with E-state index < -0.39 is 6.10 Å². The van der Waals surface area contributed by atoms with Crippen LogP contribution >= 0.6 is 0 Å². The van der Waals surface area contributed by atoms with Gasteiger partial charge in [-0.1, -0.05) is 30.3 Å². The first-order chi connectivity index (χ1) is 9.20. The average molecular weight is 256 g/mol.